The fourth-order valence-electron chi connectivity index (χ4n) is 1.76. The average Bonchev–Trinajstić information content (AvgIpc) is 2.90. The standard InChI is InChI=1S/C13H16FN3O2S/c1-2-12-15-9-13(17-12)20(18,19)16-8-7-10-5-3-4-6-11(10)14/h3-6,9,16H,2,7-8H2,1H3,(H,15,17). The lowest BCUT2D eigenvalue weighted by Crippen LogP contribution is -2.26. The largest absolute Gasteiger partial charge is 0.332 e. The number of imidazole rings is 1. The molecule has 108 valence electrons. The third-order valence-electron chi connectivity index (χ3n) is 2.87. The number of benzene rings is 1. The van der Waals surface area contributed by atoms with E-state index in [9.17, 15) is 12.8 Å². The van der Waals surface area contributed by atoms with Crippen molar-refractivity contribution in [2.45, 2.75) is 24.8 Å². The molecule has 0 aliphatic carbocycles. The number of hydrogen-bond donors (Lipinski definition) is 2. The fourth-order valence-corrected chi connectivity index (χ4v) is 2.73. The smallest absolute Gasteiger partial charge is 0.257 e. The van der Waals surface area contributed by atoms with Crippen LogP contribution in [0.4, 0.5) is 4.39 Å². The Bertz CT molecular complexity index is 682. The van der Waals surface area contributed by atoms with Crippen LogP contribution in [-0.4, -0.2) is 24.9 Å². The van der Waals surface area contributed by atoms with Gasteiger partial charge in [-0.2, -0.15) is 0 Å². The number of aromatic amines is 1. The van der Waals surface area contributed by atoms with Crippen LogP contribution in [0.15, 0.2) is 35.5 Å². The number of nitrogens with one attached hydrogen (secondary N) is 2. The van der Waals surface area contributed by atoms with Crippen LogP contribution in [0.3, 0.4) is 0 Å². The van der Waals surface area contributed by atoms with E-state index in [0.717, 1.165) is 0 Å². The molecule has 0 amide bonds. The van der Waals surface area contributed by atoms with E-state index in [4.69, 9.17) is 0 Å². The first-order chi connectivity index (χ1) is 9.53. The third kappa shape index (κ3) is 3.43. The Morgan fingerprint density at radius 1 is 1.35 bits per heavy atom. The van der Waals surface area contributed by atoms with E-state index in [0.29, 0.717) is 24.2 Å². The molecule has 2 aromatic rings. The highest BCUT2D eigenvalue weighted by Gasteiger charge is 2.16. The molecular formula is C13H16FN3O2S. The summed E-state index contributed by atoms with van der Waals surface area (Å²) in [6.45, 7) is 2.00. The first-order valence-electron chi connectivity index (χ1n) is 6.30. The van der Waals surface area contributed by atoms with Crippen molar-refractivity contribution in [1.29, 1.82) is 0 Å². The van der Waals surface area contributed by atoms with E-state index in [1.54, 1.807) is 18.2 Å². The molecule has 1 aromatic carbocycles. The van der Waals surface area contributed by atoms with Crippen LogP contribution in [-0.2, 0) is 22.9 Å². The summed E-state index contributed by atoms with van der Waals surface area (Å²) < 4.78 is 39.7. The summed E-state index contributed by atoms with van der Waals surface area (Å²) in [6.07, 6.45) is 2.20. The van der Waals surface area contributed by atoms with Crippen molar-refractivity contribution in [3.63, 3.8) is 0 Å². The molecule has 0 aliphatic rings. The zero-order valence-electron chi connectivity index (χ0n) is 11.1. The summed E-state index contributed by atoms with van der Waals surface area (Å²) >= 11 is 0. The molecule has 20 heavy (non-hydrogen) atoms. The Balaban J connectivity index is 1.98. The van der Waals surface area contributed by atoms with Crippen LogP contribution >= 0.6 is 0 Å². The SMILES string of the molecule is CCc1ncc(S(=O)(=O)NCCc2ccccc2F)[nH]1. The quantitative estimate of drug-likeness (QED) is 0.851. The Hall–Kier alpha value is -1.73. The molecule has 7 heteroatoms. The summed E-state index contributed by atoms with van der Waals surface area (Å²) in [5, 5.41) is 0.0304. The maximum absolute atomic E-state index is 13.4. The Labute approximate surface area is 117 Å². The first-order valence-corrected chi connectivity index (χ1v) is 7.78. The van der Waals surface area contributed by atoms with Gasteiger partial charge in [0.2, 0.25) is 0 Å². The minimum absolute atomic E-state index is 0.0304. The molecule has 0 atom stereocenters. The highest BCUT2D eigenvalue weighted by atomic mass is 32.2. The van der Waals surface area contributed by atoms with Gasteiger partial charge < -0.3 is 4.98 Å². The van der Waals surface area contributed by atoms with Gasteiger partial charge in [-0.1, -0.05) is 25.1 Å². The molecule has 0 unspecified atom stereocenters. The first kappa shape index (κ1) is 14.7. The van der Waals surface area contributed by atoms with Gasteiger partial charge in [-0.3, -0.25) is 0 Å². The normalized spacial score (nSPS) is 11.7. The number of rotatable bonds is 6. The van der Waals surface area contributed by atoms with Crippen molar-refractivity contribution in [1.82, 2.24) is 14.7 Å². The van der Waals surface area contributed by atoms with Crippen molar-refractivity contribution in [2.24, 2.45) is 0 Å². The molecule has 0 spiro atoms. The zero-order valence-corrected chi connectivity index (χ0v) is 11.9. The number of nitrogens with zero attached hydrogens (tertiary/aromatic N) is 1. The van der Waals surface area contributed by atoms with E-state index >= 15 is 0 Å². The minimum Gasteiger partial charge on any atom is -0.332 e. The van der Waals surface area contributed by atoms with Crippen LogP contribution in [0.5, 0.6) is 0 Å². The van der Waals surface area contributed by atoms with E-state index in [2.05, 4.69) is 14.7 Å². The Morgan fingerprint density at radius 2 is 2.10 bits per heavy atom. The van der Waals surface area contributed by atoms with Gasteiger partial charge >= 0.3 is 0 Å². The molecular weight excluding hydrogens is 281 g/mol. The minimum atomic E-state index is -3.62. The second-order valence-electron chi connectivity index (χ2n) is 4.29. The molecule has 1 heterocycles. The maximum Gasteiger partial charge on any atom is 0.257 e. The molecule has 5 nitrogen and oxygen atoms in total. The van der Waals surface area contributed by atoms with Gasteiger partial charge in [0, 0.05) is 13.0 Å². The molecule has 0 aliphatic heterocycles. The van der Waals surface area contributed by atoms with Crippen molar-refractivity contribution < 1.29 is 12.8 Å². The average molecular weight is 297 g/mol. The topological polar surface area (TPSA) is 74.8 Å². The van der Waals surface area contributed by atoms with Gasteiger partial charge in [0.05, 0.1) is 6.20 Å². The molecule has 1 aromatic heterocycles. The van der Waals surface area contributed by atoms with Crippen LogP contribution in [0, 0.1) is 5.82 Å². The number of H-pyrrole nitrogens is 1. The number of aryl methyl sites for hydroxylation is 1. The van der Waals surface area contributed by atoms with E-state index in [-0.39, 0.29) is 17.4 Å². The van der Waals surface area contributed by atoms with Crippen molar-refractivity contribution in [2.75, 3.05) is 6.54 Å². The van der Waals surface area contributed by atoms with Gasteiger partial charge in [0.1, 0.15) is 11.6 Å². The van der Waals surface area contributed by atoms with Gasteiger partial charge in [-0.25, -0.2) is 22.5 Å². The lowest BCUT2D eigenvalue weighted by molar-refractivity contribution is 0.574. The lowest BCUT2D eigenvalue weighted by atomic mass is 10.1. The predicted octanol–water partition coefficient (Wildman–Crippen LogP) is 1.63. The van der Waals surface area contributed by atoms with Gasteiger partial charge in [-0.15, -0.1) is 0 Å². The number of sulfonamides is 1. The lowest BCUT2D eigenvalue weighted by Gasteiger charge is -2.05. The molecule has 0 saturated carbocycles. The van der Waals surface area contributed by atoms with E-state index < -0.39 is 10.0 Å². The van der Waals surface area contributed by atoms with Gasteiger partial charge in [0.15, 0.2) is 5.03 Å². The number of aromatic nitrogens is 2. The Kier molecular flexibility index (Phi) is 4.51. The number of hydrogen-bond acceptors (Lipinski definition) is 3. The van der Waals surface area contributed by atoms with E-state index in [1.165, 1.54) is 12.3 Å². The van der Waals surface area contributed by atoms with Crippen LogP contribution in [0.25, 0.3) is 0 Å². The van der Waals surface area contributed by atoms with Crippen LogP contribution < -0.4 is 4.72 Å². The van der Waals surface area contributed by atoms with Gasteiger partial charge in [0.25, 0.3) is 10.0 Å². The van der Waals surface area contributed by atoms with Crippen LogP contribution in [0.1, 0.15) is 18.3 Å². The van der Waals surface area contributed by atoms with Gasteiger partial charge in [-0.05, 0) is 18.1 Å². The van der Waals surface area contributed by atoms with Crippen LogP contribution in [0.2, 0.25) is 0 Å². The molecule has 0 radical (unpaired) electrons. The third-order valence-corrected chi connectivity index (χ3v) is 4.24. The summed E-state index contributed by atoms with van der Waals surface area (Å²) in [7, 11) is -3.62. The highest BCUT2D eigenvalue weighted by molar-refractivity contribution is 7.89. The molecule has 2 rings (SSSR count). The summed E-state index contributed by atoms with van der Waals surface area (Å²) in [5.74, 6) is 0.279. The molecule has 2 N–H and O–H groups in total. The number of halogens is 1. The second kappa shape index (κ2) is 6.15. The fraction of sp³-hybridized carbons (Fsp3) is 0.308. The molecule has 0 saturated heterocycles. The monoisotopic (exact) mass is 297 g/mol. The molecule has 0 fully saturated rings. The second-order valence-corrected chi connectivity index (χ2v) is 6.02. The van der Waals surface area contributed by atoms with E-state index in [1.807, 2.05) is 6.92 Å². The maximum atomic E-state index is 13.4. The summed E-state index contributed by atoms with van der Waals surface area (Å²) in [4.78, 5) is 6.67. The summed E-state index contributed by atoms with van der Waals surface area (Å²) in [6, 6.07) is 6.30. The zero-order chi connectivity index (χ0) is 14.6. The van der Waals surface area contributed by atoms with Crippen molar-refractivity contribution in [3.8, 4) is 0 Å². The van der Waals surface area contributed by atoms with Crippen molar-refractivity contribution >= 4 is 10.0 Å². The van der Waals surface area contributed by atoms with Crippen molar-refractivity contribution in [3.05, 3.63) is 47.7 Å². The Morgan fingerprint density at radius 3 is 2.75 bits per heavy atom. The predicted molar refractivity (Wildman–Crippen MR) is 73.3 cm³/mol. The highest BCUT2D eigenvalue weighted by Crippen LogP contribution is 2.08. The summed E-state index contributed by atoms with van der Waals surface area (Å²) in [5.41, 5.74) is 0.481. The molecule has 0 bridgehead atoms.